The largest absolute Gasteiger partial charge is 0.391 e. The molecule has 1 saturated carbocycles. The summed E-state index contributed by atoms with van der Waals surface area (Å²) in [6.45, 7) is 2.11. The third kappa shape index (κ3) is 3.25. The molecule has 3 rings (SSSR count). The van der Waals surface area contributed by atoms with Gasteiger partial charge in [0.25, 0.3) is 0 Å². The van der Waals surface area contributed by atoms with Crippen molar-refractivity contribution in [2.75, 3.05) is 18.0 Å². The lowest BCUT2D eigenvalue weighted by Gasteiger charge is -2.32. The summed E-state index contributed by atoms with van der Waals surface area (Å²) in [5.41, 5.74) is 1.61. The Morgan fingerprint density at radius 3 is 2.84 bits per heavy atom. The van der Waals surface area contributed by atoms with Crippen molar-refractivity contribution in [2.45, 2.75) is 44.4 Å². The van der Waals surface area contributed by atoms with Gasteiger partial charge < -0.3 is 15.3 Å². The molecule has 104 valence electrons. The van der Waals surface area contributed by atoms with Gasteiger partial charge in [-0.05, 0) is 43.4 Å². The minimum absolute atomic E-state index is 0.177. The van der Waals surface area contributed by atoms with Crippen molar-refractivity contribution >= 4 is 5.69 Å². The van der Waals surface area contributed by atoms with Crippen molar-refractivity contribution in [3.05, 3.63) is 29.6 Å². The fraction of sp³-hybridized carbons (Fsp3) is 0.600. The Balaban J connectivity index is 1.67. The average molecular weight is 264 g/mol. The van der Waals surface area contributed by atoms with Crippen LogP contribution < -0.4 is 10.2 Å². The Morgan fingerprint density at radius 1 is 1.32 bits per heavy atom. The Hall–Kier alpha value is -1.13. The van der Waals surface area contributed by atoms with Gasteiger partial charge in [-0.15, -0.1) is 0 Å². The number of halogens is 1. The van der Waals surface area contributed by atoms with Crippen LogP contribution in [0, 0.1) is 5.82 Å². The molecule has 1 saturated heterocycles. The van der Waals surface area contributed by atoms with Gasteiger partial charge in [0.1, 0.15) is 5.82 Å². The fourth-order valence-corrected chi connectivity index (χ4v) is 2.64. The highest BCUT2D eigenvalue weighted by atomic mass is 19.1. The molecule has 0 spiro atoms. The Bertz CT molecular complexity index is 448. The van der Waals surface area contributed by atoms with Crippen LogP contribution in [0.25, 0.3) is 0 Å². The molecule has 1 aromatic rings. The van der Waals surface area contributed by atoms with Crippen molar-refractivity contribution < 1.29 is 9.50 Å². The van der Waals surface area contributed by atoms with Crippen molar-refractivity contribution in [1.82, 2.24) is 5.32 Å². The first kappa shape index (κ1) is 12.9. The fourth-order valence-electron chi connectivity index (χ4n) is 2.64. The lowest BCUT2D eigenvalue weighted by Crippen LogP contribution is -2.38. The van der Waals surface area contributed by atoms with E-state index in [1.807, 2.05) is 17.0 Å². The summed E-state index contributed by atoms with van der Waals surface area (Å²) in [5, 5.41) is 13.1. The Kier molecular flexibility index (Phi) is 3.71. The molecule has 4 heteroatoms. The first-order valence-corrected chi connectivity index (χ1v) is 7.17. The lowest BCUT2D eigenvalue weighted by molar-refractivity contribution is 0.154. The third-order valence-electron chi connectivity index (χ3n) is 3.92. The van der Waals surface area contributed by atoms with Crippen LogP contribution in [0.15, 0.2) is 18.2 Å². The van der Waals surface area contributed by atoms with Gasteiger partial charge in [0.05, 0.1) is 11.8 Å². The smallest absolute Gasteiger partial charge is 0.146 e. The van der Waals surface area contributed by atoms with E-state index in [1.165, 1.54) is 12.8 Å². The summed E-state index contributed by atoms with van der Waals surface area (Å²) < 4.78 is 14.2. The van der Waals surface area contributed by atoms with E-state index in [0.29, 0.717) is 18.3 Å². The van der Waals surface area contributed by atoms with Crippen molar-refractivity contribution in [2.24, 2.45) is 0 Å². The number of nitrogens with one attached hydrogen (secondary N) is 1. The summed E-state index contributed by atoms with van der Waals surface area (Å²) >= 11 is 0. The van der Waals surface area contributed by atoms with E-state index in [1.54, 1.807) is 6.07 Å². The molecule has 1 aliphatic heterocycles. The monoisotopic (exact) mass is 264 g/mol. The predicted molar refractivity (Wildman–Crippen MR) is 73.7 cm³/mol. The second kappa shape index (κ2) is 5.47. The van der Waals surface area contributed by atoms with Gasteiger partial charge in [-0.25, -0.2) is 4.39 Å². The molecule has 19 heavy (non-hydrogen) atoms. The summed E-state index contributed by atoms with van der Waals surface area (Å²) in [6.07, 6.45) is 3.90. The lowest BCUT2D eigenvalue weighted by atomic mass is 10.1. The van der Waals surface area contributed by atoms with Crippen LogP contribution in [-0.2, 0) is 6.54 Å². The van der Waals surface area contributed by atoms with Crippen LogP contribution in [0.3, 0.4) is 0 Å². The maximum atomic E-state index is 14.2. The number of hydrogen-bond donors (Lipinski definition) is 2. The number of aliphatic hydroxyl groups excluding tert-OH is 1. The summed E-state index contributed by atoms with van der Waals surface area (Å²) in [5.74, 6) is -0.177. The second-order valence-corrected chi connectivity index (χ2v) is 5.68. The Labute approximate surface area is 113 Å². The summed E-state index contributed by atoms with van der Waals surface area (Å²) in [4.78, 5) is 1.95. The van der Waals surface area contributed by atoms with E-state index in [4.69, 9.17) is 0 Å². The van der Waals surface area contributed by atoms with Crippen molar-refractivity contribution in [3.63, 3.8) is 0 Å². The molecule has 3 nitrogen and oxygen atoms in total. The zero-order valence-electron chi connectivity index (χ0n) is 11.1. The van der Waals surface area contributed by atoms with Crippen LogP contribution in [0.2, 0.25) is 0 Å². The van der Waals surface area contributed by atoms with Gasteiger partial charge in [-0.2, -0.15) is 0 Å². The van der Waals surface area contributed by atoms with Gasteiger partial charge in [0.15, 0.2) is 0 Å². The topological polar surface area (TPSA) is 35.5 Å². The number of rotatable bonds is 4. The number of nitrogens with zero attached hydrogens (tertiary/aromatic N) is 1. The molecule has 1 aromatic carbocycles. The molecule has 1 atom stereocenters. The molecule has 0 amide bonds. The molecular formula is C15H21FN2O. The van der Waals surface area contributed by atoms with E-state index in [2.05, 4.69) is 5.32 Å². The molecule has 0 bridgehead atoms. The van der Waals surface area contributed by atoms with Crippen LogP contribution in [0.4, 0.5) is 10.1 Å². The highest BCUT2D eigenvalue weighted by Crippen LogP contribution is 2.25. The van der Waals surface area contributed by atoms with Crippen molar-refractivity contribution in [3.8, 4) is 0 Å². The number of piperidine rings is 1. The van der Waals surface area contributed by atoms with Crippen LogP contribution in [0.1, 0.15) is 31.2 Å². The number of anilines is 1. The van der Waals surface area contributed by atoms with Gasteiger partial charge in [-0.1, -0.05) is 6.07 Å². The molecule has 0 aromatic heterocycles. The minimum atomic E-state index is -0.329. The maximum absolute atomic E-state index is 14.2. The Morgan fingerprint density at radius 2 is 2.16 bits per heavy atom. The number of hydrogen-bond acceptors (Lipinski definition) is 3. The standard InChI is InChI=1S/C15H21FN2O/c16-14-8-11(9-17-12-4-5-12)3-6-15(14)18-7-1-2-13(19)10-18/h3,6,8,12-13,17,19H,1-2,4-5,7,9-10H2. The quantitative estimate of drug-likeness (QED) is 0.873. The zero-order chi connectivity index (χ0) is 13.2. The summed E-state index contributed by atoms with van der Waals surface area (Å²) in [7, 11) is 0. The number of benzene rings is 1. The number of β-amino-alcohol motifs (C(OH)–C–C–N with tert-alkyl or cyclic N) is 1. The first-order valence-electron chi connectivity index (χ1n) is 7.17. The molecule has 2 N–H and O–H groups in total. The minimum Gasteiger partial charge on any atom is -0.391 e. The highest BCUT2D eigenvalue weighted by Gasteiger charge is 2.22. The molecule has 0 radical (unpaired) electrons. The van der Waals surface area contributed by atoms with Crippen molar-refractivity contribution in [1.29, 1.82) is 0 Å². The molecule has 2 aliphatic rings. The molecule has 1 unspecified atom stereocenters. The van der Waals surface area contributed by atoms with Crippen LogP contribution in [-0.4, -0.2) is 30.3 Å². The first-order chi connectivity index (χ1) is 9.22. The van der Waals surface area contributed by atoms with E-state index in [9.17, 15) is 9.50 Å². The van der Waals surface area contributed by atoms with Gasteiger partial charge in [-0.3, -0.25) is 0 Å². The second-order valence-electron chi connectivity index (χ2n) is 5.68. The van der Waals surface area contributed by atoms with E-state index >= 15 is 0 Å². The van der Waals surface area contributed by atoms with Crippen LogP contribution in [0.5, 0.6) is 0 Å². The molecule has 1 heterocycles. The summed E-state index contributed by atoms with van der Waals surface area (Å²) in [6, 6.07) is 6.08. The van der Waals surface area contributed by atoms with Gasteiger partial charge >= 0.3 is 0 Å². The number of aliphatic hydroxyl groups is 1. The van der Waals surface area contributed by atoms with Crippen LogP contribution >= 0.6 is 0 Å². The third-order valence-corrected chi connectivity index (χ3v) is 3.92. The van der Waals surface area contributed by atoms with E-state index in [-0.39, 0.29) is 11.9 Å². The zero-order valence-corrected chi connectivity index (χ0v) is 11.1. The highest BCUT2D eigenvalue weighted by molar-refractivity contribution is 5.49. The molecular weight excluding hydrogens is 243 g/mol. The van der Waals surface area contributed by atoms with Gasteiger partial charge in [0, 0.05) is 25.7 Å². The molecule has 2 fully saturated rings. The van der Waals surface area contributed by atoms with E-state index < -0.39 is 0 Å². The normalized spacial score (nSPS) is 23.7. The maximum Gasteiger partial charge on any atom is 0.146 e. The SMILES string of the molecule is OC1CCCN(c2ccc(CNC3CC3)cc2F)C1. The molecule has 1 aliphatic carbocycles. The van der Waals surface area contributed by atoms with E-state index in [0.717, 1.165) is 31.5 Å². The van der Waals surface area contributed by atoms with Gasteiger partial charge in [0.2, 0.25) is 0 Å². The predicted octanol–water partition coefficient (Wildman–Crippen LogP) is 2.04. The average Bonchev–Trinajstić information content (AvgIpc) is 3.20.